The van der Waals surface area contributed by atoms with Crippen LogP contribution in [-0.4, -0.2) is 10.2 Å². The third-order valence-corrected chi connectivity index (χ3v) is 3.57. The number of nitrogens with two attached hydrogens (primary N) is 1. The fraction of sp³-hybridized carbons (Fsp3) is 0.444. The number of fused-ring (bicyclic) bond motifs is 1. The molecule has 0 aliphatic rings. The number of aromatic nitrogens is 2. The van der Waals surface area contributed by atoms with Crippen LogP contribution in [0.1, 0.15) is 23.1 Å². The highest BCUT2D eigenvalue weighted by Gasteiger charge is 2.12. The lowest BCUT2D eigenvalue weighted by molar-refractivity contribution is 0.987. The van der Waals surface area contributed by atoms with Crippen LogP contribution in [0, 0.1) is 6.92 Å². The first kappa shape index (κ1) is 8.72. The molecule has 0 saturated heterocycles. The average Bonchev–Trinajstić information content (AvgIpc) is 2.66. The molecule has 0 aliphatic heterocycles. The Hall–Kier alpha value is -0.870. The molecule has 2 rings (SSSR count). The molecule has 0 saturated carbocycles. The van der Waals surface area contributed by atoms with Crippen LogP contribution in [0.2, 0.25) is 0 Å². The third kappa shape index (κ3) is 1.17. The second-order valence-electron chi connectivity index (χ2n) is 3.09. The van der Waals surface area contributed by atoms with E-state index in [0.717, 1.165) is 11.3 Å². The van der Waals surface area contributed by atoms with E-state index in [2.05, 4.69) is 24.0 Å². The van der Waals surface area contributed by atoms with E-state index in [-0.39, 0.29) is 0 Å². The molecule has 3 N–H and O–H groups in total. The van der Waals surface area contributed by atoms with Crippen molar-refractivity contribution in [3.05, 3.63) is 16.1 Å². The first-order valence-corrected chi connectivity index (χ1v) is 5.24. The predicted molar refractivity (Wildman–Crippen MR) is 56.0 cm³/mol. The van der Waals surface area contributed by atoms with E-state index in [0.29, 0.717) is 6.54 Å². The SMILES string of the molecule is CCc1[nH]nc2sc(CN)c(C)c12. The van der Waals surface area contributed by atoms with Gasteiger partial charge in [-0.1, -0.05) is 6.92 Å². The molecule has 3 nitrogen and oxygen atoms in total. The number of nitrogens with zero attached hydrogens (tertiary/aromatic N) is 1. The van der Waals surface area contributed by atoms with Crippen LogP contribution in [0.4, 0.5) is 0 Å². The zero-order valence-corrected chi connectivity index (χ0v) is 8.66. The van der Waals surface area contributed by atoms with Crippen LogP contribution in [0.5, 0.6) is 0 Å². The Balaban J connectivity index is 2.72. The third-order valence-electron chi connectivity index (χ3n) is 2.36. The van der Waals surface area contributed by atoms with Crippen molar-refractivity contribution in [2.24, 2.45) is 5.73 Å². The second-order valence-corrected chi connectivity index (χ2v) is 4.17. The van der Waals surface area contributed by atoms with Gasteiger partial charge in [-0.15, -0.1) is 11.3 Å². The molecule has 70 valence electrons. The summed E-state index contributed by atoms with van der Waals surface area (Å²) < 4.78 is 0. The molecular formula is C9H13N3S. The molecule has 4 heteroatoms. The molecule has 0 unspecified atom stereocenters. The quantitative estimate of drug-likeness (QED) is 0.769. The van der Waals surface area contributed by atoms with Crippen LogP contribution >= 0.6 is 11.3 Å². The number of H-pyrrole nitrogens is 1. The fourth-order valence-corrected chi connectivity index (χ4v) is 2.64. The monoisotopic (exact) mass is 195 g/mol. The summed E-state index contributed by atoms with van der Waals surface area (Å²) in [7, 11) is 0. The lowest BCUT2D eigenvalue weighted by Gasteiger charge is -1.94. The van der Waals surface area contributed by atoms with Crippen molar-refractivity contribution in [2.75, 3.05) is 0 Å². The largest absolute Gasteiger partial charge is 0.326 e. The first-order chi connectivity index (χ1) is 6.27. The molecule has 0 aromatic carbocycles. The number of rotatable bonds is 2. The molecule has 13 heavy (non-hydrogen) atoms. The van der Waals surface area contributed by atoms with Crippen LogP contribution in [-0.2, 0) is 13.0 Å². The summed E-state index contributed by atoms with van der Waals surface area (Å²) in [5, 5.41) is 8.60. The van der Waals surface area contributed by atoms with E-state index in [4.69, 9.17) is 5.73 Å². The smallest absolute Gasteiger partial charge is 0.146 e. The Labute approximate surface area is 81.0 Å². The molecule has 0 fully saturated rings. The molecule has 2 heterocycles. The average molecular weight is 195 g/mol. The van der Waals surface area contributed by atoms with Gasteiger partial charge in [0.15, 0.2) is 0 Å². The van der Waals surface area contributed by atoms with Gasteiger partial charge in [-0.05, 0) is 18.9 Å². The van der Waals surface area contributed by atoms with Crippen LogP contribution in [0.15, 0.2) is 0 Å². The zero-order valence-electron chi connectivity index (χ0n) is 7.85. The van der Waals surface area contributed by atoms with E-state index in [1.165, 1.54) is 21.5 Å². The van der Waals surface area contributed by atoms with Gasteiger partial charge in [0.25, 0.3) is 0 Å². The van der Waals surface area contributed by atoms with E-state index in [9.17, 15) is 0 Å². The van der Waals surface area contributed by atoms with Gasteiger partial charge < -0.3 is 5.73 Å². The highest BCUT2D eigenvalue weighted by atomic mass is 32.1. The predicted octanol–water partition coefficient (Wildman–Crippen LogP) is 1.95. The minimum atomic E-state index is 0.621. The Morgan fingerprint density at radius 1 is 1.54 bits per heavy atom. The summed E-state index contributed by atoms with van der Waals surface area (Å²) >= 11 is 1.69. The Morgan fingerprint density at radius 2 is 2.31 bits per heavy atom. The van der Waals surface area contributed by atoms with Gasteiger partial charge in [-0.3, -0.25) is 5.10 Å². The zero-order chi connectivity index (χ0) is 9.42. The molecule has 0 atom stereocenters. The maximum Gasteiger partial charge on any atom is 0.146 e. The number of hydrogen-bond donors (Lipinski definition) is 2. The normalized spacial score (nSPS) is 11.3. The van der Waals surface area contributed by atoms with Crippen molar-refractivity contribution >= 4 is 21.6 Å². The fourth-order valence-electron chi connectivity index (χ4n) is 1.60. The molecule has 2 aromatic rings. The van der Waals surface area contributed by atoms with Crippen molar-refractivity contribution in [1.82, 2.24) is 10.2 Å². The maximum atomic E-state index is 5.64. The van der Waals surface area contributed by atoms with E-state index in [1.807, 2.05) is 0 Å². The van der Waals surface area contributed by atoms with E-state index < -0.39 is 0 Å². The van der Waals surface area contributed by atoms with Gasteiger partial charge in [0.1, 0.15) is 4.83 Å². The van der Waals surface area contributed by atoms with Gasteiger partial charge >= 0.3 is 0 Å². The lowest BCUT2D eigenvalue weighted by atomic mass is 10.1. The van der Waals surface area contributed by atoms with Gasteiger partial charge in [0, 0.05) is 22.5 Å². The van der Waals surface area contributed by atoms with Crippen molar-refractivity contribution in [3.63, 3.8) is 0 Å². The molecule has 0 bridgehead atoms. The molecule has 0 aliphatic carbocycles. The minimum absolute atomic E-state index is 0.621. The van der Waals surface area contributed by atoms with Crippen LogP contribution in [0.25, 0.3) is 10.2 Å². The maximum absolute atomic E-state index is 5.64. The number of hydrogen-bond acceptors (Lipinski definition) is 3. The second kappa shape index (κ2) is 3.12. The Kier molecular flexibility index (Phi) is 2.09. The molecule has 0 spiro atoms. The van der Waals surface area contributed by atoms with Gasteiger partial charge in [0.2, 0.25) is 0 Å². The number of aryl methyl sites for hydroxylation is 2. The summed E-state index contributed by atoms with van der Waals surface area (Å²) in [5.41, 5.74) is 8.16. The standard InChI is InChI=1S/C9H13N3S/c1-3-6-8-5(2)7(4-10)13-9(8)12-11-6/h3-4,10H2,1-2H3,(H,11,12). The summed E-state index contributed by atoms with van der Waals surface area (Å²) in [4.78, 5) is 2.34. The van der Waals surface area contributed by atoms with Gasteiger partial charge in [-0.25, -0.2) is 0 Å². The van der Waals surface area contributed by atoms with Crippen molar-refractivity contribution in [1.29, 1.82) is 0 Å². The highest BCUT2D eigenvalue weighted by molar-refractivity contribution is 7.18. The summed E-state index contributed by atoms with van der Waals surface area (Å²) in [6.45, 7) is 4.87. The van der Waals surface area contributed by atoms with Crippen LogP contribution in [0.3, 0.4) is 0 Å². The minimum Gasteiger partial charge on any atom is -0.326 e. The number of nitrogens with one attached hydrogen (secondary N) is 1. The summed E-state index contributed by atoms with van der Waals surface area (Å²) in [5.74, 6) is 0. The summed E-state index contributed by atoms with van der Waals surface area (Å²) in [6.07, 6.45) is 0.998. The Morgan fingerprint density at radius 3 is 2.92 bits per heavy atom. The molecule has 2 aromatic heterocycles. The van der Waals surface area contributed by atoms with E-state index in [1.54, 1.807) is 11.3 Å². The Bertz CT molecular complexity index is 427. The van der Waals surface area contributed by atoms with Gasteiger partial charge in [-0.2, -0.15) is 5.10 Å². The van der Waals surface area contributed by atoms with Crippen molar-refractivity contribution in [2.45, 2.75) is 26.8 Å². The molecular weight excluding hydrogens is 182 g/mol. The molecule has 0 radical (unpaired) electrons. The highest BCUT2D eigenvalue weighted by Crippen LogP contribution is 2.31. The topological polar surface area (TPSA) is 54.7 Å². The van der Waals surface area contributed by atoms with E-state index >= 15 is 0 Å². The lowest BCUT2D eigenvalue weighted by Crippen LogP contribution is -1.94. The molecule has 0 amide bonds. The summed E-state index contributed by atoms with van der Waals surface area (Å²) in [6, 6.07) is 0. The number of aromatic amines is 1. The van der Waals surface area contributed by atoms with Crippen molar-refractivity contribution in [3.8, 4) is 0 Å². The number of thiophene rings is 1. The first-order valence-electron chi connectivity index (χ1n) is 4.43. The van der Waals surface area contributed by atoms with Crippen LogP contribution < -0.4 is 5.73 Å². The van der Waals surface area contributed by atoms with Gasteiger partial charge in [0.05, 0.1) is 0 Å². The van der Waals surface area contributed by atoms with Crippen molar-refractivity contribution < 1.29 is 0 Å².